The lowest BCUT2D eigenvalue weighted by Crippen LogP contribution is -2.31. The second-order valence-electron chi connectivity index (χ2n) is 9.71. The third-order valence-electron chi connectivity index (χ3n) is 6.84. The van der Waals surface area contributed by atoms with Crippen LogP contribution in [0.2, 0.25) is 0 Å². The maximum Gasteiger partial charge on any atom is 0.573 e. The first-order valence-electron chi connectivity index (χ1n) is 13.5. The molecule has 0 spiro atoms. The Hall–Kier alpha value is -4.91. The van der Waals surface area contributed by atoms with Gasteiger partial charge in [0.05, 0.1) is 17.1 Å². The highest BCUT2D eigenvalue weighted by molar-refractivity contribution is 8.15. The van der Waals surface area contributed by atoms with Gasteiger partial charge >= 0.3 is 12.4 Å². The van der Waals surface area contributed by atoms with Crippen molar-refractivity contribution in [2.24, 2.45) is 4.99 Å². The minimum atomic E-state index is -4.76. The number of thioether (sulfide) groups is 1. The molecule has 1 fully saturated rings. The highest BCUT2D eigenvalue weighted by Crippen LogP contribution is 2.30. The van der Waals surface area contributed by atoms with Gasteiger partial charge < -0.3 is 10.1 Å². The first-order valence-corrected chi connectivity index (χ1v) is 14.5. The van der Waals surface area contributed by atoms with Crippen molar-refractivity contribution in [1.82, 2.24) is 20.1 Å². The van der Waals surface area contributed by atoms with Crippen molar-refractivity contribution in [3.05, 3.63) is 95.9 Å². The van der Waals surface area contributed by atoms with Gasteiger partial charge in [0.25, 0.3) is 0 Å². The summed E-state index contributed by atoms with van der Waals surface area (Å²) in [7, 11) is 0. The average Bonchev–Trinajstić information content (AvgIpc) is 3.63. The van der Waals surface area contributed by atoms with Crippen LogP contribution in [-0.2, 0) is 11.2 Å². The molecular weight excluding hydrogens is 593 g/mol. The molecular formula is C31H27F3N6O3S. The number of anilines is 1. The number of amides is 3. The van der Waals surface area contributed by atoms with E-state index in [2.05, 4.69) is 25.1 Å². The fourth-order valence-corrected chi connectivity index (χ4v) is 5.34. The van der Waals surface area contributed by atoms with E-state index in [0.29, 0.717) is 22.4 Å². The molecule has 226 valence electrons. The van der Waals surface area contributed by atoms with E-state index in [-0.39, 0.29) is 17.4 Å². The van der Waals surface area contributed by atoms with Gasteiger partial charge in [-0.2, -0.15) is 4.99 Å². The van der Waals surface area contributed by atoms with Crippen LogP contribution >= 0.6 is 11.8 Å². The largest absolute Gasteiger partial charge is 0.573 e. The number of nitrogens with zero attached hydrogens (tertiary/aromatic N) is 5. The number of aromatic nitrogens is 3. The number of hydrogen-bond donors (Lipinski definition) is 1. The molecule has 1 aliphatic heterocycles. The summed E-state index contributed by atoms with van der Waals surface area (Å²) in [6, 6.07) is 19.7. The molecule has 3 aromatic carbocycles. The first-order chi connectivity index (χ1) is 21.0. The van der Waals surface area contributed by atoms with Crippen LogP contribution in [0.1, 0.15) is 31.9 Å². The van der Waals surface area contributed by atoms with Gasteiger partial charge in [-0.25, -0.2) is 14.5 Å². The van der Waals surface area contributed by atoms with Crippen LogP contribution in [0.4, 0.5) is 23.7 Å². The Balaban J connectivity index is 1.27. The van der Waals surface area contributed by atoms with E-state index in [1.165, 1.54) is 51.9 Å². The van der Waals surface area contributed by atoms with E-state index in [0.717, 1.165) is 34.4 Å². The van der Waals surface area contributed by atoms with Crippen LogP contribution < -0.4 is 15.0 Å². The Morgan fingerprint density at radius 1 is 1.05 bits per heavy atom. The maximum absolute atomic E-state index is 12.9. The van der Waals surface area contributed by atoms with E-state index in [9.17, 15) is 22.8 Å². The molecule has 1 aliphatic rings. The minimum Gasteiger partial charge on any atom is -0.406 e. The Bertz CT molecular complexity index is 1750. The zero-order chi connectivity index (χ0) is 31.4. The van der Waals surface area contributed by atoms with Crippen molar-refractivity contribution in [3.63, 3.8) is 0 Å². The predicted molar refractivity (Wildman–Crippen MR) is 163 cm³/mol. The van der Waals surface area contributed by atoms with Crippen LogP contribution in [0.3, 0.4) is 0 Å². The Morgan fingerprint density at radius 3 is 2.43 bits per heavy atom. The molecule has 13 heteroatoms. The number of amidine groups is 1. The number of hydrogen-bond acceptors (Lipinski definition) is 6. The van der Waals surface area contributed by atoms with Gasteiger partial charge in [0, 0.05) is 11.3 Å². The van der Waals surface area contributed by atoms with Crippen molar-refractivity contribution in [2.45, 2.75) is 33.6 Å². The number of para-hydroxylation sites is 1. The summed E-state index contributed by atoms with van der Waals surface area (Å²) in [6.07, 6.45) is -2.56. The summed E-state index contributed by atoms with van der Waals surface area (Å²) in [5.41, 5.74) is 5.22. The third-order valence-corrected chi connectivity index (χ3v) is 7.76. The van der Waals surface area contributed by atoms with Crippen molar-refractivity contribution in [3.8, 4) is 22.8 Å². The topological polar surface area (TPSA) is 102 Å². The van der Waals surface area contributed by atoms with Gasteiger partial charge in [0.1, 0.15) is 12.1 Å². The number of aryl methyl sites for hydroxylation is 1. The first kappa shape index (κ1) is 30.5. The molecule has 0 atom stereocenters. The number of benzene rings is 3. The molecule has 2 heterocycles. The molecule has 3 amide bonds. The van der Waals surface area contributed by atoms with Crippen LogP contribution in [0.25, 0.3) is 22.6 Å². The monoisotopic (exact) mass is 620 g/mol. The van der Waals surface area contributed by atoms with E-state index in [1.54, 1.807) is 6.92 Å². The molecule has 4 aromatic rings. The molecule has 44 heavy (non-hydrogen) atoms. The van der Waals surface area contributed by atoms with Gasteiger partial charge in [-0.3, -0.25) is 9.69 Å². The number of carbonyl (C=O) groups is 2. The number of ether oxygens (including phenoxy) is 1. The Kier molecular flexibility index (Phi) is 8.86. The number of urea groups is 1. The fraction of sp³-hybridized carbons (Fsp3) is 0.194. The number of halogens is 3. The van der Waals surface area contributed by atoms with Gasteiger partial charge in [0.2, 0.25) is 5.91 Å². The van der Waals surface area contributed by atoms with Crippen LogP contribution in [0, 0.1) is 0 Å². The van der Waals surface area contributed by atoms with E-state index >= 15 is 0 Å². The van der Waals surface area contributed by atoms with Crippen LogP contribution in [0.5, 0.6) is 5.75 Å². The van der Waals surface area contributed by atoms with E-state index in [1.807, 2.05) is 62.4 Å². The fourth-order valence-electron chi connectivity index (χ4n) is 4.48. The zero-order valence-electron chi connectivity index (χ0n) is 23.9. The smallest absolute Gasteiger partial charge is 0.406 e. The summed E-state index contributed by atoms with van der Waals surface area (Å²) in [5, 5.41) is 7.57. The molecule has 0 aliphatic carbocycles. The summed E-state index contributed by atoms with van der Waals surface area (Å²) in [5.74, 6) is 0.179. The lowest BCUT2D eigenvalue weighted by Gasteiger charge is -2.19. The van der Waals surface area contributed by atoms with Crippen molar-refractivity contribution in [2.75, 3.05) is 10.7 Å². The highest BCUT2D eigenvalue weighted by atomic mass is 32.2. The van der Waals surface area contributed by atoms with Gasteiger partial charge in [-0.05, 0) is 67.3 Å². The number of rotatable bonds is 7. The summed E-state index contributed by atoms with van der Waals surface area (Å²) >= 11 is 1.22. The zero-order valence-corrected chi connectivity index (χ0v) is 24.7. The summed E-state index contributed by atoms with van der Waals surface area (Å²) in [4.78, 5) is 35.5. The quantitative estimate of drug-likeness (QED) is 0.239. The molecule has 0 unspecified atom stereocenters. The average molecular weight is 621 g/mol. The van der Waals surface area contributed by atoms with Gasteiger partial charge in [-0.15, -0.1) is 18.3 Å². The molecule has 1 N–H and O–H groups in total. The highest BCUT2D eigenvalue weighted by Gasteiger charge is 2.32. The number of nitrogens with one attached hydrogen (secondary N) is 1. The second kappa shape index (κ2) is 12.8. The Morgan fingerprint density at radius 2 is 1.75 bits per heavy atom. The molecule has 0 radical (unpaired) electrons. The van der Waals surface area contributed by atoms with Crippen LogP contribution in [0.15, 0.2) is 89.8 Å². The standard InChI is InChI=1S/C31H27F3N6O3S/c1-4-21-7-5-6-8-26(21)40-27(41)17-44-30(40)37-29(42)36-20(3)19(2)22-9-11-23(12-10-22)28-35-18-39(38-28)24-13-15-25(16-14-24)43-31(32,33)34/h5-16,18H,4,17H2,1-3H3,(H,36,42)/b20-19+,37-30-. The lowest BCUT2D eigenvalue weighted by molar-refractivity contribution is -0.274. The molecule has 0 bridgehead atoms. The number of allylic oxidation sites excluding steroid dienone is 2. The second-order valence-corrected chi connectivity index (χ2v) is 10.6. The molecule has 0 saturated carbocycles. The summed E-state index contributed by atoms with van der Waals surface area (Å²) in [6.45, 7) is 5.65. The molecule has 1 saturated heterocycles. The normalized spacial score (nSPS) is 15.0. The van der Waals surface area contributed by atoms with Gasteiger partial charge in [-0.1, -0.05) is 61.2 Å². The van der Waals surface area contributed by atoms with Crippen LogP contribution in [-0.4, -0.2) is 44.0 Å². The number of aliphatic imine (C=N–C) groups is 1. The lowest BCUT2D eigenvalue weighted by atomic mass is 10.0. The molecule has 1 aromatic heterocycles. The third kappa shape index (κ3) is 7.00. The predicted octanol–water partition coefficient (Wildman–Crippen LogP) is 6.99. The minimum absolute atomic E-state index is 0.126. The SMILES string of the molecule is CCc1ccccc1N1C(=O)CS/C1=N\C(=O)N/C(C)=C(\C)c1ccc(-c2ncn(-c3ccc(OC(F)(F)F)cc3)n2)cc1. The molecule has 9 nitrogen and oxygen atoms in total. The number of alkyl halides is 3. The van der Waals surface area contributed by atoms with Gasteiger partial charge in [0.15, 0.2) is 11.0 Å². The van der Waals surface area contributed by atoms with E-state index in [4.69, 9.17) is 0 Å². The Labute approximate surface area is 255 Å². The maximum atomic E-state index is 12.9. The van der Waals surface area contributed by atoms with Crippen molar-refractivity contribution >= 4 is 40.1 Å². The number of carbonyl (C=O) groups excluding carboxylic acids is 2. The molecule has 5 rings (SSSR count). The van der Waals surface area contributed by atoms with Crippen molar-refractivity contribution in [1.29, 1.82) is 0 Å². The summed E-state index contributed by atoms with van der Waals surface area (Å²) < 4.78 is 42.6. The van der Waals surface area contributed by atoms with Crippen molar-refractivity contribution < 1.29 is 27.5 Å². The van der Waals surface area contributed by atoms with E-state index < -0.39 is 12.4 Å².